The van der Waals surface area contributed by atoms with Crippen LogP contribution in [0.4, 0.5) is 5.00 Å². The molecule has 1 heterocycles. The second-order valence-electron chi connectivity index (χ2n) is 7.86. The molecule has 1 aromatic heterocycles. The number of carboxylic acid groups (broad SMARTS) is 1. The van der Waals surface area contributed by atoms with E-state index in [1.807, 2.05) is 12.1 Å². The molecule has 0 unspecified atom stereocenters. The van der Waals surface area contributed by atoms with Gasteiger partial charge in [0.25, 0.3) is 5.91 Å². The molecular weight excluding hydrogens is 346 g/mol. The van der Waals surface area contributed by atoms with Crippen molar-refractivity contribution in [2.45, 2.75) is 58.3 Å². The Morgan fingerprint density at radius 1 is 1.04 bits per heavy atom. The molecule has 0 saturated carbocycles. The van der Waals surface area contributed by atoms with Gasteiger partial charge in [0.05, 0.1) is 5.56 Å². The topological polar surface area (TPSA) is 66.4 Å². The number of hydrogen-bond acceptors (Lipinski definition) is 3. The molecule has 1 aromatic carbocycles. The summed E-state index contributed by atoms with van der Waals surface area (Å²) in [6.45, 7) is 6.37. The Balaban J connectivity index is 1.86. The van der Waals surface area contributed by atoms with Crippen LogP contribution in [0.25, 0.3) is 0 Å². The minimum atomic E-state index is -0.956. The van der Waals surface area contributed by atoms with Gasteiger partial charge in [0.1, 0.15) is 5.00 Å². The van der Waals surface area contributed by atoms with E-state index in [9.17, 15) is 14.7 Å². The van der Waals surface area contributed by atoms with Crippen LogP contribution < -0.4 is 5.32 Å². The van der Waals surface area contributed by atoms with Gasteiger partial charge in [-0.3, -0.25) is 4.79 Å². The van der Waals surface area contributed by atoms with Crippen molar-refractivity contribution in [1.82, 2.24) is 0 Å². The first-order valence-corrected chi connectivity index (χ1v) is 9.89. The number of anilines is 1. The molecule has 0 radical (unpaired) electrons. The first-order valence-electron chi connectivity index (χ1n) is 9.07. The maximum absolute atomic E-state index is 12.6. The van der Waals surface area contributed by atoms with Gasteiger partial charge in [-0.15, -0.1) is 11.3 Å². The van der Waals surface area contributed by atoms with Crippen LogP contribution in [0.5, 0.6) is 0 Å². The molecule has 1 amide bonds. The number of hydrogen-bond donors (Lipinski definition) is 2. The Labute approximate surface area is 158 Å². The number of fused-ring (bicyclic) bond motifs is 1. The van der Waals surface area contributed by atoms with E-state index in [1.54, 1.807) is 12.1 Å². The lowest BCUT2D eigenvalue weighted by Gasteiger charge is -2.19. The van der Waals surface area contributed by atoms with Crippen LogP contribution in [0.2, 0.25) is 0 Å². The molecule has 5 heteroatoms. The van der Waals surface area contributed by atoms with E-state index in [4.69, 9.17) is 0 Å². The highest BCUT2D eigenvalue weighted by atomic mass is 32.1. The normalized spacial score (nSPS) is 14.4. The molecule has 3 rings (SSSR count). The molecule has 138 valence electrons. The van der Waals surface area contributed by atoms with Crippen LogP contribution in [0.1, 0.15) is 76.8 Å². The van der Waals surface area contributed by atoms with Gasteiger partial charge in [-0.1, -0.05) is 39.3 Å². The largest absolute Gasteiger partial charge is 0.478 e. The number of thiophene rings is 1. The van der Waals surface area contributed by atoms with Gasteiger partial charge in [0.15, 0.2) is 0 Å². The third kappa shape index (κ3) is 3.83. The van der Waals surface area contributed by atoms with Crippen molar-refractivity contribution in [2.24, 2.45) is 0 Å². The molecule has 0 fully saturated rings. The van der Waals surface area contributed by atoms with Gasteiger partial charge in [-0.2, -0.15) is 0 Å². The van der Waals surface area contributed by atoms with Crippen molar-refractivity contribution in [3.63, 3.8) is 0 Å². The fourth-order valence-electron chi connectivity index (χ4n) is 3.35. The van der Waals surface area contributed by atoms with Crippen molar-refractivity contribution >= 4 is 28.2 Å². The van der Waals surface area contributed by atoms with Gasteiger partial charge in [0.2, 0.25) is 0 Å². The maximum Gasteiger partial charge on any atom is 0.339 e. The zero-order chi connectivity index (χ0) is 18.9. The summed E-state index contributed by atoms with van der Waals surface area (Å²) in [5.74, 6) is -1.22. The summed E-state index contributed by atoms with van der Waals surface area (Å²) < 4.78 is 0. The molecular formula is C21H25NO3S. The van der Waals surface area contributed by atoms with Crippen LogP contribution in [-0.2, 0) is 18.3 Å². The standard InChI is InChI=1S/C21H25NO3S/c1-21(2,3)14-11-9-13(10-12-14)18(23)22-19-17(20(24)25)15-7-5-4-6-8-16(15)26-19/h9-12H,4-8H2,1-3H3,(H,22,23)(H,24,25). The van der Waals surface area contributed by atoms with E-state index in [-0.39, 0.29) is 16.9 Å². The lowest BCUT2D eigenvalue weighted by Crippen LogP contribution is -2.15. The smallest absolute Gasteiger partial charge is 0.339 e. The maximum atomic E-state index is 12.6. The van der Waals surface area contributed by atoms with Crippen LogP contribution >= 0.6 is 11.3 Å². The van der Waals surface area contributed by atoms with Crippen LogP contribution in [0, 0.1) is 0 Å². The molecule has 0 spiro atoms. The Morgan fingerprint density at radius 3 is 2.31 bits per heavy atom. The minimum absolute atomic E-state index is 0.0246. The first-order chi connectivity index (χ1) is 12.3. The molecule has 26 heavy (non-hydrogen) atoms. The quantitative estimate of drug-likeness (QED) is 0.723. The average molecular weight is 372 g/mol. The van der Waals surface area contributed by atoms with E-state index >= 15 is 0 Å². The van der Waals surface area contributed by atoms with Crippen molar-refractivity contribution in [2.75, 3.05) is 5.32 Å². The Bertz CT molecular complexity index is 828. The van der Waals surface area contributed by atoms with Gasteiger partial charge >= 0.3 is 5.97 Å². The summed E-state index contributed by atoms with van der Waals surface area (Å²) in [5, 5.41) is 13.0. The number of benzene rings is 1. The molecule has 2 N–H and O–H groups in total. The number of rotatable bonds is 3. The number of nitrogens with one attached hydrogen (secondary N) is 1. The molecule has 1 aliphatic rings. The predicted molar refractivity (Wildman–Crippen MR) is 106 cm³/mol. The Hall–Kier alpha value is -2.14. The third-order valence-corrected chi connectivity index (χ3v) is 6.08. The zero-order valence-corrected chi connectivity index (χ0v) is 16.3. The molecule has 1 aliphatic carbocycles. The predicted octanol–water partition coefficient (Wildman–Crippen LogP) is 5.27. The van der Waals surface area contributed by atoms with Gasteiger partial charge in [-0.25, -0.2) is 4.79 Å². The van der Waals surface area contributed by atoms with Crippen LogP contribution in [0.15, 0.2) is 24.3 Å². The molecule has 2 aromatic rings. The average Bonchev–Trinajstić information content (AvgIpc) is 2.75. The van der Waals surface area contributed by atoms with E-state index in [0.717, 1.165) is 48.1 Å². The monoisotopic (exact) mass is 371 g/mol. The van der Waals surface area contributed by atoms with Crippen molar-refractivity contribution in [3.8, 4) is 0 Å². The van der Waals surface area contributed by atoms with Crippen LogP contribution in [-0.4, -0.2) is 17.0 Å². The SMILES string of the molecule is CC(C)(C)c1ccc(C(=O)Nc2sc3c(c2C(=O)O)CCCCC3)cc1. The first kappa shape index (κ1) is 18.6. The molecule has 0 saturated heterocycles. The highest BCUT2D eigenvalue weighted by Crippen LogP contribution is 2.37. The summed E-state index contributed by atoms with van der Waals surface area (Å²) in [4.78, 5) is 25.5. The lowest BCUT2D eigenvalue weighted by molar-refractivity contribution is 0.0697. The third-order valence-electron chi connectivity index (χ3n) is 4.88. The second-order valence-corrected chi connectivity index (χ2v) is 8.96. The summed E-state index contributed by atoms with van der Waals surface area (Å²) in [5.41, 5.74) is 2.92. The van der Waals surface area contributed by atoms with Gasteiger partial charge in [0, 0.05) is 10.4 Å². The number of carbonyl (C=O) groups is 2. The van der Waals surface area contributed by atoms with Gasteiger partial charge in [-0.05, 0) is 54.4 Å². The fraction of sp³-hybridized carbons (Fsp3) is 0.429. The van der Waals surface area contributed by atoms with Gasteiger partial charge < -0.3 is 10.4 Å². The highest BCUT2D eigenvalue weighted by Gasteiger charge is 2.25. The van der Waals surface area contributed by atoms with Crippen molar-refractivity contribution in [3.05, 3.63) is 51.4 Å². The summed E-state index contributed by atoms with van der Waals surface area (Å²) in [6.07, 6.45) is 4.89. The molecule has 0 bridgehead atoms. The summed E-state index contributed by atoms with van der Waals surface area (Å²) >= 11 is 1.42. The number of carbonyl (C=O) groups excluding carboxylic acids is 1. The highest BCUT2D eigenvalue weighted by molar-refractivity contribution is 7.17. The second kappa shape index (κ2) is 7.23. The lowest BCUT2D eigenvalue weighted by atomic mass is 9.87. The van der Waals surface area contributed by atoms with E-state index in [0.29, 0.717) is 10.6 Å². The van der Waals surface area contributed by atoms with Crippen LogP contribution in [0.3, 0.4) is 0 Å². The minimum Gasteiger partial charge on any atom is -0.478 e. The molecule has 0 aliphatic heterocycles. The Kier molecular flexibility index (Phi) is 5.19. The Morgan fingerprint density at radius 2 is 1.69 bits per heavy atom. The zero-order valence-electron chi connectivity index (χ0n) is 15.5. The number of aryl methyl sites for hydroxylation is 1. The van der Waals surface area contributed by atoms with E-state index in [1.165, 1.54) is 11.3 Å². The molecule has 0 atom stereocenters. The molecule has 4 nitrogen and oxygen atoms in total. The number of carboxylic acids is 1. The summed E-state index contributed by atoms with van der Waals surface area (Å²) in [6, 6.07) is 7.51. The number of aromatic carboxylic acids is 1. The van der Waals surface area contributed by atoms with E-state index < -0.39 is 5.97 Å². The van der Waals surface area contributed by atoms with E-state index in [2.05, 4.69) is 26.1 Å². The van der Waals surface area contributed by atoms with Crippen molar-refractivity contribution < 1.29 is 14.7 Å². The van der Waals surface area contributed by atoms with Crippen molar-refractivity contribution in [1.29, 1.82) is 0 Å². The fourth-order valence-corrected chi connectivity index (χ4v) is 4.63. The summed E-state index contributed by atoms with van der Waals surface area (Å²) in [7, 11) is 0. The number of amides is 1.